The largest absolute Gasteiger partial charge is 0.374 e. The average Bonchev–Trinajstić information content (AvgIpc) is 3.21. The molecule has 0 saturated carbocycles. The maximum Gasteiger partial charge on any atom is 0.225 e. The van der Waals surface area contributed by atoms with E-state index in [1.807, 2.05) is 34.7 Å². The number of rotatable bonds is 3. The van der Waals surface area contributed by atoms with Gasteiger partial charge in [-0.2, -0.15) is 0 Å². The SMILES string of the molecule is O=C1CCO[C@H]2CN(c3nccs3)C[C@@H]2N1Cc1ccccc1. The summed E-state index contributed by atoms with van der Waals surface area (Å²) < 4.78 is 5.97. The number of carbonyl (C=O) groups is 1. The number of hydrogen-bond acceptors (Lipinski definition) is 5. The Morgan fingerprint density at radius 2 is 2.13 bits per heavy atom. The molecule has 120 valence electrons. The first-order valence-electron chi connectivity index (χ1n) is 7.91. The van der Waals surface area contributed by atoms with Crippen LogP contribution in [0.4, 0.5) is 5.13 Å². The van der Waals surface area contributed by atoms with Crippen LogP contribution in [0.2, 0.25) is 0 Å². The molecule has 2 aliphatic rings. The van der Waals surface area contributed by atoms with Gasteiger partial charge in [-0.3, -0.25) is 4.79 Å². The van der Waals surface area contributed by atoms with E-state index in [1.165, 1.54) is 0 Å². The van der Waals surface area contributed by atoms with Crippen LogP contribution >= 0.6 is 11.3 Å². The lowest BCUT2D eigenvalue weighted by Gasteiger charge is -2.29. The summed E-state index contributed by atoms with van der Waals surface area (Å²) in [5.74, 6) is 0.183. The molecule has 2 fully saturated rings. The minimum Gasteiger partial charge on any atom is -0.374 e. The Morgan fingerprint density at radius 1 is 1.26 bits per heavy atom. The first-order valence-corrected chi connectivity index (χ1v) is 8.78. The number of fused-ring (bicyclic) bond motifs is 1. The first kappa shape index (κ1) is 14.7. The highest BCUT2D eigenvalue weighted by Gasteiger charge is 2.41. The molecule has 23 heavy (non-hydrogen) atoms. The average molecular weight is 329 g/mol. The summed E-state index contributed by atoms with van der Waals surface area (Å²) in [4.78, 5) is 21.2. The van der Waals surface area contributed by atoms with Crippen LogP contribution in [0.3, 0.4) is 0 Å². The second-order valence-electron chi connectivity index (χ2n) is 5.95. The number of carbonyl (C=O) groups excluding carboxylic acids is 1. The number of hydrogen-bond donors (Lipinski definition) is 0. The molecule has 1 aromatic heterocycles. The fourth-order valence-electron chi connectivity index (χ4n) is 3.36. The second-order valence-corrected chi connectivity index (χ2v) is 6.83. The molecule has 2 aliphatic heterocycles. The number of amides is 1. The van der Waals surface area contributed by atoms with Crippen molar-refractivity contribution in [2.75, 3.05) is 24.6 Å². The predicted molar refractivity (Wildman–Crippen MR) is 89.5 cm³/mol. The van der Waals surface area contributed by atoms with Gasteiger partial charge in [0.2, 0.25) is 5.91 Å². The lowest BCUT2D eigenvalue weighted by Crippen LogP contribution is -2.45. The van der Waals surface area contributed by atoms with Crippen LogP contribution in [0, 0.1) is 0 Å². The quantitative estimate of drug-likeness (QED) is 0.866. The minimum atomic E-state index is 0.0639. The second kappa shape index (κ2) is 6.29. The standard InChI is InChI=1S/C17H19N3O2S/c21-16-6-8-22-15-12-19(17-18-7-9-23-17)11-14(15)20(16)10-13-4-2-1-3-5-13/h1-5,7,9,14-15H,6,8,10-12H2/t14-,15-/m0/s1. The van der Waals surface area contributed by atoms with Gasteiger partial charge in [0.25, 0.3) is 0 Å². The Morgan fingerprint density at radius 3 is 2.91 bits per heavy atom. The Labute approximate surface area is 139 Å². The first-order chi connectivity index (χ1) is 11.3. The summed E-state index contributed by atoms with van der Waals surface area (Å²) in [7, 11) is 0. The number of anilines is 1. The van der Waals surface area contributed by atoms with Gasteiger partial charge in [0.1, 0.15) is 0 Å². The molecule has 1 amide bonds. The third-order valence-corrected chi connectivity index (χ3v) is 5.32. The van der Waals surface area contributed by atoms with Crippen molar-refractivity contribution in [1.82, 2.24) is 9.88 Å². The van der Waals surface area contributed by atoms with Crippen LogP contribution in [-0.2, 0) is 16.1 Å². The molecule has 0 spiro atoms. The summed E-state index contributed by atoms with van der Waals surface area (Å²) in [6, 6.07) is 10.3. The van der Waals surface area contributed by atoms with E-state index in [-0.39, 0.29) is 18.1 Å². The molecule has 2 atom stereocenters. The summed E-state index contributed by atoms with van der Waals surface area (Å²) in [6.45, 7) is 2.75. The van der Waals surface area contributed by atoms with Gasteiger partial charge in [-0.25, -0.2) is 4.98 Å². The van der Waals surface area contributed by atoms with E-state index in [0.29, 0.717) is 19.6 Å². The Balaban J connectivity index is 1.57. The van der Waals surface area contributed by atoms with Gasteiger partial charge in [-0.1, -0.05) is 30.3 Å². The molecule has 3 heterocycles. The van der Waals surface area contributed by atoms with Crippen LogP contribution in [0.5, 0.6) is 0 Å². The zero-order chi connectivity index (χ0) is 15.6. The van der Waals surface area contributed by atoms with Crippen molar-refractivity contribution in [3.8, 4) is 0 Å². The van der Waals surface area contributed by atoms with Crippen molar-refractivity contribution in [3.05, 3.63) is 47.5 Å². The van der Waals surface area contributed by atoms with Gasteiger partial charge in [0, 0.05) is 31.2 Å². The van der Waals surface area contributed by atoms with Crippen molar-refractivity contribution < 1.29 is 9.53 Å². The maximum atomic E-state index is 12.6. The molecule has 2 saturated heterocycles. The van der Waals surface area contributed by atoms with Crippen molar-refractivity contribution >= 4 is 22.4 Å². The van der Waals surface area contributed by atoms with Crippen LogP contribution < -0.4 is 4.90 Å². The molecule has 4 rings (SSSR count). The minimum absolute atomic E-state index is 0.0639. The van der Waals surface area contributed by atoms with Crippen molar-refractivity contribution in [2.24, 2.45) is 0 Å². The summed E-state index contributed by atoms with van der Waals surface area (Å²) in [5, 5.41) is 2.99. The van der Waals surface area contributed by atoms with Crippen molar-refractivity contribution in [2.45, 2.75) is 25.1 Å². The number of ether oxygens (including phenoxy) is 1. The van der Waals surface area contributed by atoms with E-state index in [2.05, 4.69) is 22.0 Å². The van der Waals surface area contributed by atoms with E-state index >= 15 is 0 Å². The van der Waals surface area contributed by atoms with Gasteiger partial charge in [0.15, 0.2) is 5.13 Å². The lowest BCUT2D eigenvalue weighted by molar-refractivity contribution is -0.133. The summed E-state index contributed by atoms with van der Waals surface area (Å²) >= 11 is 1.63. The highest BCUT2D eigenvalue weighted by atomic mass is 32.1. The topological polar surface area (TPSA) is 45.7 Å². The molecule has 0 unspecified atom stereocenters. The summed E-state index contributed by atoms with van der Waals surface area (Å²) in [6.07, 6.45) is 2.35. The van der Waals surface area contributed by atoms with E-state index in [4.69, 9.17) is 4.74 Å². The summed E-state index contributed by atoms with van der Waals surface area (Å²) in [5.41, 5.74) is 1.16. The molecular weight excluding hydrogens is 310 g/mol. The fraction of sp³-hybridized carbons (Fsp3) is 0.412. The molecule has 0 N–H and O–H groups in total. The Bertz CT molecular complexity index is 662. The van der Waals surface area contributed by atoms with Crippen molar-refractivity contribution in [1.29, 1.82) is 0 Å². The Kier molecular flexibility index (Phi) is 4.01. The van der Waals surface area contributed by atoms with Crippen LogP contribution in [0.15, 0.2) is 41.9 Å². The molecular formula is C17H19N3O2S. The van der Waals surface area contributed by atoms with Crippen LogP contribution in [-0.4, -0.2) is 47.6 Å². The van der Waals surface area contributed by atoms with Gasteiger partial charge in [-0.05, 0) is 5.56 Å². The monoisotopic (exact) mass is 329 g/mol. The van der Waals surface area contributed by atoms with Gasteiger partial charge in [-0.15, -0.1) is 11.3 Å². The zero-order valence-corrected chi connectivity index (χ0v) is 13.6. The number of benzene rings is 1. The molecule has 0 bridgehead atoms. The van der Waals surface area contributed by atoms with Crippen LogP contribution in [0.1, 0.15) is 12.0 Å². The zero-order valence-electron chi connectivity index (χ0n) is 12.8. The highest BCUT2D eigenvalue weighted by Crippen LogP contribution is 2.29. The highest BCUT2D eigenvalue weighted by molar-refractivity contribution is 7.13. The lowest BCUT2D eigenvalue weighted by atomic mass is 10.1. The fourth-order valence-corrected chi connectivity index (χ4v) is 4.02. The molecule has 6 heteroatoms. The van der Waals surface area contributed by atoms with E-state index in [0.717, 1.165) is 23.8 Å². The van der Waals surface area contributed by atoms with E-state index in [1.54, 1.807) is 11.3 Å². The number of thiazole rings is 1. The molecule has 2 aromatic rings. The van der Waals surface area contributed by atoms with E-state index in [9.17, 15) is 4.79 Å². The molecule has 0 radical (unpaired) electrons. The third kappa shape index (κ3) is 2.96. The van der Waals surface area contributed by atoms with Crippen LogP contribution in [0.25, 0.3) is 0 Å². The normalized spacial score (nSPS) is 24.6. The van der Waals surface area contributed by atoms with Gasteiger partial charge < -0.3 is 14.5 Å². The van der Waals surface area contributed by atoms with Crippen molar-refractivity contribution in [3.63, 3.8) is 0 Å². The van der Waals surface area contributed by atoms with Gasteiger partial charge >= 0.3 is 0 Å². The molecule has 5 nitrogen and oxygen atoms in total. The number of nitrogens with zero attached hydrogens (tertiary/aromatic N) is 3. The van der Waals surface area contributed by atoms with Gasteiger partial charge in [0.05, 0.1) is 25.2 Å². The molecule has 0 aliphatic carbocycles. The predicted octanol–water partition coefficient (Wildman–Crippen LogP) is 2.15. The van der Waals surface area contributed by atoms with E-state index < -0.39 is 0 Å². The smallest absolute Gasteiger partial charge is 0.225 e. The number of aromatic nitrogens is 1. The third-order valence-electron chi connectivity index (χ3n) is 4.49. The molecule has 1 aromatic carbocycles. The Hall–Kier alpha value is -1.92. The maximum absolute atomic E-state index is 12.6.